The summed E-state index contributed by atoms with van der Waals surface area (Å²) in [7, 11) is 0. The molecule has 1 amide bonds. The molecule has 3 aromatic rings. The second-order valence-corrected chi connectivity index (χ2v) is 8.34. The van der Waals surface area contributed by atoms with Gasteiger partial charge in [0.05, 0.1) is 5.25 Å². The number of nitrogens with zero attached hydrogens (tertiary/aromatic N) is 3. The monoisotopic (exact) mass is 395 g/mol. The summed E-state index contributed by atoms with van der Waals surface area (Å²) in [6, 6.07) is 15.8. The van der Waals surface area contributed by atoms with Crippen LogP contribution in [0, 0.1) is 6.92 Å². The number of nitrogen functional groups attached to an aromatic ring is 1. The minimum atomic E-state index is -0.377. The molecule has 0 saturated carbocycles. The van der Waals surface area contributed by atoms with E-state index in [4.69, 9.17) is 5.84 Å². The lowest BCUT2D eigenvalue weighted by atomic mass is 10.0. The Morgan fingerprint density at radius 3 is 2.43 bits per heavy atom. The van der Waals surface area contributed by atoms with Crippen LogP contribution in [0.3, 0.4) is 0 Å². The van der Waals surface area contributed by atoms with Crippen LogP contribution in [0.5, 0.6) is 0 Å². The molecule has 1 aromatic heterocycles. The molecule has 7 heteroatoms. The first-order valence-corrected chi connectivity index (χ1v) is 10.1. The van der Waals surface area contributed by atoms with E-state index in [0.717, 1.165) is 22.4 Å². The number of para-hydroxylation sites is 1. The van der Waals surface area contributed by atoms with Crippen molar-refractivity contribution in [2.24, 2.45) is 0 Å². The average Bonchev–Trinajstić information content (AvgIpc) is 3.03. The lowest BCUT2D eigenvalue weighted by molar-refractivity contribution is -0.115. The Hall–Kier alpha value is -2.80. The summed E-state index contributed by atoms with van der Waals surface area (Å²) in [5, 5.41) is 11.5. The number of amides is 1. The molecule has 0 aliphatic rings. The molecule has 0 spiro atoms. The molecule has 3 N–H and O–H groups in total. The van der Waals surface area contributed by atoms with Crippen LogP contribution in [-0.2, 0) is 4.79 Å². The van der Waals surface area contributed by atoms with Gasteiger partial charge in [0.15, 0.2) is 5.82 Å². The van der Waals surface area contributed by atoms with Crippen LogP contribution in [-0.4, -0.2) is 26.0 Å². The van der Waals surface area contributed by atoms with E-state index in [1.165, 1.54) is 16.4 Å². The first kappa shape index (κ1) is 19.9. The van der Waals surface area contributed by atoms with Gasteiger partial charge >= 0.3 is 0 Å². The van der Waals surface area contributed by atoms with Gasteiger partial charge in [0.25, 0.3) is 0 Å². The first-order chi connectivity index (χ1) is 13.4. The van der Waals surface area contributed by atoms with Crippen molar-refractivity contribution in [2.75, 3.05) is 11.2 Å². The molecule has 1 heterocycles. The van der Waals surface area contributed by atoms with E-state index in [1.54, 1.807) is 0 Å². The lowest BCUT2D eigenvalue weighted by Crippen LogP contribution is -2.24. The summed E-state index contributed by atoms with van der Waals surface area (Å²) in [4.78, 5) is 12.7. The molecular formula is C21H25N5OS. The van der Waals surface area contributed by atoms with Gasteiger partial charge in [-0.1, -0.05) is 73.6 Å². The fourth-order valence-electron chi connectivity index (χ4n) is 2.82. The Labute approximate surface area is 169 Å². The Morgan fingerprint density at radius 2 is 1.75 bits per heavy atom. The standard InChI is InChI=1S/C21H25N5OS/c1-13(2)17-7-5-6-8-18(17)23-20(27)15(4)28-21-25-24-19(26(21)22)16-11-9-14(3)10-12-16/h5-13,15H,22H2,1-4H3,(H,23,27). The van der Waals surface area contributed by atoms with Crippen molar-refractivity contribution >= 4 is 23.4 Å². The maximum atomic E-state index is 12.7. The zero-order chi connectivity index (χ0) is 20.3. The summed E-state index contributed by atoms with van der Waals surface area (Å²) in [5.41, 5.74) is 3.99. The third kappa shape index (κ3) is 4.36. The summed E-state index contributed by atoms with van der Waals surface area (Å²) in [6.45, 7) is 8.06. The van der Waals surface area contributed by atoms with Gasteiger partial charge in [-0.05, 0) is 31.4 Å². The highest BCUT2D eigenvalue weighted by Gasteiger charge is 2.21. The topological polar surface area (TPSA) is 85.8 Å². The number of carbonyl (C=O) groups is 1. The highest BCUT2D eigenvalue weighted by molar-refractivity contribution is 8.00. The van der Waals surface area contributed by atoms with Crippen LogP contribution in [0.25, 0.3) is 11.4 Å². The Morgan fingerprint density at radius 1 is 1.07 bits per heavy atom. The van der Waals surface area contributed by atoms with Crippen molar-refractivity contribution in [2.45, 2.75) is 44.0 Å². The highest BCUT2D eigenvalue weighted by Crippen LogP contribution is 2.27. The Balaban J connectivity index is 1.72. The Kier molecular flexibility index (Phi) is 6.04. The highest BCUT2D eigenvalue weighted by atomic mass is 32.2. The van der Waals surface area contributed by atoms with E-state index >= 15 is 0 Å². The largest absolute Gasteiger partial charge is 0.335 e. The van der Waals surface area contributed by atoms with E-state index in [0.29, 0.717) is 16.9 Å². The molecule has 0 bridgehead atoms. The Bertz CT molecular complexity index is 965. The number of thioether (sulfide) groups is 1. The van der Waals surface area contributed by atoms with Gasteiger partial charge in [0, 0.05) is 11.3 Å². The minimum Gasteiger partial charge on any atom is -0.335 e. The summed E-state index contributed by atoms with van der Waals surface area (Å²) < 4.78 is 1.43. The summed E-state index contributed by atoms with van der Waals surface area (Å²) >= 11 is 1.28. The number of carbonyl (C=O) groups excluding carboxylic acids is 1. The number of hydrogen-bond acceptors (Lipinski definition) is 5. The van der Waals surface area contributed by atoms with E-state index in [2.05, 4.69) is 29.4 Å². The van der Waals surface area contributed by atoms with Gasteiger partial charge in [-0.25, -0.2) is 4.68 Å². The normalized spacial score (nSPS) is 12.2. The van der Waals surface area contributed by atoms with E-state index in [1.807, 2.05) is 62.4 Å². The molecule has 0 aliphatic carbocycles. The molecule has 3 rings (SSSR count). The fraction of sp³-hybridized carbons (Fsp3) is 0.286. The maximum Gasteiger partial charge on any atom is 0.237 e. The fourth-order valence-corrected chi connectivity index (χ4v) is 3.59. The predicted octanol–water partition coefficient (Wildman–Crippen LogP) is 4.21. The minimum absolute atomic E-state index is 0.0991. The number of aromatic nitrogens is 3. The number of benzene rings is 2. The second-order valence-electron chi connectivity index (χ2n) is 7.03. The van der Waals surface area contributed by atoms with E-state index < -0.39 is 0 Å². The van der Waals surface area contributed by atoms with Crippen LogP contribution in [0.2, 0.25) is 0 Å². The van der Waals surface area contributed by atoms with Gasteiger partial charge < -0.3 is 11.2 Å². The molecule has 146 valence electrons. The predicted molar refractivity (Wildman–Crippen MR) is 115 cm³/mol. The maximum absolute atomic E-state index is 12.7. The number of nitrogens with two attached hydrogens (primary N) is 1. The second kappa shape index (κ2) is 8.48. The van der Waals surface area contributed by atoms with Crippen molar-refractivity contribution in [3.05, 3.63) is 59.7 Å². The number of nitrogens with one attached hydrogen (secondary N) is 1. The van der Waals surface area contributed by atoms with Gasteiger partial charge in [0.1, 0.15) is 0 Å². The number of rotatable bonds is 6. The molecule has 2 aromatic carbocycles. The molecule has 6 nitrogen and oxygen atoms in total. The van der Waals surface area contributed by atoms with Crippen LogP contribution < -0.4 is 11.2 Å². The van der Waals surface area contributed by atoms with Crippen molar-refractivity contribution < 1.29 is 4.79 Å². The van der Waals surface area contributed by atoms with Crippen molar-refractivity contribution in [3.63, 3.8) is 0 Å². The summed E-state index contributed by atoms with van der Waals surface area (Å²) in [5.74, 6) is 6.97. The smallest absolute Gasteiger partial charge is 0.237 e. The molecule has 0 aliphatic heterocycles. The van der Waals surface area contributed by atoms with Crippen LogP contribution in [0.15, 0.2) is 53.7 Å². The van der Waals surface area contributed by atoms with E-state index in [-0.39, 0.29) is 11.2 Å². The number of aryl methyl sites for hydroxylation is 1. The summed E-state index contributed by atoms with van der Waals surface area (Å²) in [6.07, 6.45) is 0. The third-order valence-electron chi connectivity index (χ3n) is 4.47. The molecule has 1 atom stereocenters. The van der Waals surface area contributed by atoms with Gasteiger partial charge in [0.2, 0.25) is 11.1 Å². The molecule has 28 heavy (non-hydrogen) atoms. The van der Waals surface area contributed by atoms with Crippen LogP contribution >= 0.6 is 11.8 Å². The molecule has 0 radical (unpaired) electrons. The molecule has 0 saturated heterocycles. The SMILES string of the molecule is Cc1ccc(-c2nnc(SC(C)C(=O)Nc3ccccc3C(C)C)n2N)cc1. The van der Waals surface area contributed by atoms with Gasteiger partial charge in [-0.3, -0.25) is 4.79 Å². The molecular weight excluding hydrogens is 370 g/mol. The number of hydrogen-bond donors (Lipinski definition) is 2. The van der Waals surface area contributed by atoms with Crippen molar-refractivity contribution in [1.82, 2.24) is 14.9 Å². The number of anilines is 1. The van der Waals surface area contributed by atoms with E-state index in [9.17, 15) is 4.79 Å². The molecule has 1 unspecified atom stereocenters. The zero-order valence-electron chi connectivity index (χ0n) is 16.5. The van der Waals surface area contributed by atoms with Crippen molar-refractivity contribution in [1.29, 1.82) is 0 Å². The van der Waals surface area contributed by atoms with Crippen LogP contribution in [0.4, 0.5) is 5.69 Å². The first-order valence-electron chi connectivity index (χ1n) is 9.20. The quantitative estimate of drug-likeness (QED) is 0.482. The molecule has 0 fully saturated rings. The van der Waals surface area contributed by atoms with Gasteiger partial charge in [-0.15, -0.1) is 10.2 Å². The van der Waals surface area contributed by atoms with Crippen LogP contribution in [0.1, 0.15) is 37.8 Å². The van der Waals surface area contributed by atoms with Gasteiger partial charge in [-0.2, -0.15) is 0 Å². The third-order valence-corrected chi connectivity index (χ3v) is 5.52. The average molecular weight is 396 g/mol. The lowest BCUT2D eigenvalue weighted by Gasteiger charge is -2.16. The zero-order valence-corrected chi connectivity index (χ0v) is 17.3. The van der Waals surface area contributed by atoms with Crippen molar-refractivity contribution in [3.8, 4) is 11.4 Å².